The van der Waals surface area contributed by atoms with Crippen molar-refractivity contribution < 1.29 is 23.5 Å². The third-order valence-corrected chi connectivity index (χ3v) is 5.42. The summed E-state index contributed by atoms with van der Waals surface area (Å²) >= 11 is 0. The number of hydrogen-bond donors (Lipinski definition) is 0. The maximum atomic E-state index is 13.6. The molecule has 0 saturated heterocycles. The first-order valence-corrected chi connectivity index (χ1v) is 9.78. The summed E-state index contributed by atoms with van der Waals surface area (Å²) in [6.07, 6.45) is 2.92. The van der Waals surface area contributed by atoms with Crippen LogP contribution in [0.25, 0.3) is 11.1 Å². The Kier molecular flexibility index (Phi) is 5.30. The molecule has 30 heavy (non-hydrogen) atoms. The largest absolute Gasteiger partial charge is 0.496 e. The van der Waals surface area contributed by atoms with Gasteiger partial charge in [0.25, 0.3) is 5.91 Å². The van der Waals surface area contributed by atoms with Gasteiger partial charge >= 0.3 is 0 Å². The summed E-state index contributed by atoms with van der Waals surface area (Å²) in [7, 11) is 1.48. The monoisotopic (exact) mass is 410 g/mol. The lowest BCUT2D eigenvalue weighted by Crippen LogP contribution is -2.53. The van der Waals surface area contributed by atoms with Gasteiger partial charge in [-0.05, 0) is 42.8 Å². The number of carbonyl (C=O) groups excluding carboxylic acids is 2. The van der Waals surface area contributed by atoms with Crippen molar-refractivity contribution >= 4 is 23.2 Å². The predicted molar refractivity (Wildman–Crippen MR) is 112 cm³/mol. The molecule has 0 fully saturated rings. The summed E-state index contributed by atoms with van der Waals surface area (Å²) in [6, 6.07) is 9.63. The highest BCUT2D eigenvalue weighted by Crippen LogP contribution is 2.41. The first kappa shape index (κ1) is 20.1. The van der Waals surface area contributed by atoms with E-state index in [1.807, 2.05) is 31.2 Å². The van der Waals surface area contributed by atoms with Crippen LogP contribution in [0.15, 0.2) is 48.6 Å². The number of fused-ring (bicyclic) bond motifs is 1. The molecule has 2 atom stereocenters. The van der Waals surface area contributed by atoms with E-state index >= 15 is 0 Å². The van der Waals surface area contributed by atoms with Crippen LogP contribution in [0, 0.1) is 5.82 Å². The van der Waals surface area contributed by atoms with Crippen molar-refractivity contribution in [2.45, 2.75) is 26.0 Å². The van der Waals surface area contributed by atoms with Crippen LogP contribution in [0.4, 0.5) is 15.8 Å². The number of rotatable bonds is 3. The zero-order chi connectivity index (χ0) is 21.4. The number of ether oxygens (including phenoxy) is 2. The molecule has 0 spiro atoms. The van der Waals surface area contributed by atoms with Crippen LogP contribution < -0.4 is 14.5 Å². The fourth-order valence-electron chi connectivity index (χ4n) is 4.09. The third-order valence-electron chi connectivity index (χ3n) is 5.42. The second kappa shape index (κ2) is 7.91. The number of carbonyl (C=O) groups is 2. The van der Waals surface area contributed by atoms with Crippen LogP contribution >= 0.6 is 0 Å². The van der Waals surface area contributed by atoms with E-state index in [1.54, 1.807) is 21.9 Å². The second-order valence-electron chi connectivity index (χ2n) is 7.42. The summed E-state index contributed by atoms with van der Waals surface area (Å²) in [5.41, 5.74) is 2.71. The van der Waals surface area contributed by atoms with Crippen molar-refractivity contribution in [3.05, 3.63) is 54.4 Å². The number of nitrogens with zero attached hydrogens (tertiary/aromatic N) is 2. The number of methoxy groups -OCH3 is 1. The van der Waals surface area contributed by atoms with Crippen LogP contribution in [0.5, 0.6) is 5.75 Å². The van der Waals surface area contributed by atoms with Gasteiger partial charge in [-0.15, -0.1) is 0 Å². The number of amides is 2. The van der Waals surface area contributed by atoms with Crippen molar-refractivity contribution in [3.63, 3.8) is 0 Å². The van der Waals surface area contributed by atoms with E-state index in [9.17, 15) is 14.0 Å². The number of benzene rings is 2. The molecule has 0 bridgehead atoms. The maximum Gasteiger partial charge on any atom is 0.260 e. The van der Waals surface area contributed by atoms with E-state index in [4.69, 9.17) is 9.47 Å². The average Bonchev–Trinajstić information content (AvgIpc) is 3.26. The fourth-order valence-corrected chi connectivity index (χ4v) is 4.09. The molecule has 2 aromatic rings. The van der Waals surface area contributed by atoms with Crippen LogP contribution in [0.2, 0.25) is 0 Å². The van der Waals surface area contributed by atoms with Crippen LogP contribution in [-0.2, 0) is 14.3 Å². The molecule has 4 rings (SSSR count). The third kappa shape index (κ3) is 3.45. The highest BCUT2D eigenvalue weighted by atomic mass is 19.1. The Bertz CT molecular complexity index is 1040. The fraction of sp³-hybridized carbons (Fsp3) is 0.304. The lowest BCUT2D eigenvalue weighted by molar-refractivity contribution is -0.126. The molecule has 0 aliphatic carbocycles. The molecule has 2 heterocycles. The van der Waals surface area contributed by atoms with Gasteiger partial charge in [-0.1, -0.05) is 12.1 Å². The molecule has 2 amide bonds. The minimum atomic E-state index is -0.641. The average molecular weight is 410 g/mol. The van der Waals surface area contributed by atoms with Crippen LogP contribution in [-0.4, -0.2) is 44.2 Å². The smallest absolute Gasteiger partial charge is 0.260 e. The van der Waals surface area contributed by atoms with Crippen molar-refractivity contribution in [1.82, 2.24) is 0 Å². The van der Waals surface area contributed by atoms with Crippen molar-refractivity contribution in [1.29, 1.82) is 0 Å². The Hall–Kier alpha value is -3.19. The van der Waals surface area contributed by atoms with E-state index in [2.05, 4.69) is 0 Å². The lowest BCUT2D eigenvalue weighted by Gasteiger charge is -2.41. The zero-order valence-corrected chi connectivity index (χ0v) is 17.1. The summed E-state index contributed by atoms with van der Waals surface area (Å²) in [5.74, 6) is -0.280. The van der Waals surface area contributed by atoms with E-state index in [0.717, 1.165) is 5.56 Å². The number of halogens is 1. The summed E-state index contributed by atoms with van der Waals surface area (Å²) in [4.78, 5) is 28.9. The Morgan fingerprint density at radius 2 is 1.97 bits per heavy atom. The van der Waals surface area contributed by atoms with Gasteiger partial charge in [-0.3, -0.25) is 9.59 Å². The molecule has 156 valence electrons. The minimum Gasteiger partial charge on any atom is -0.496 e. The maximum absolute atomic E-state index is 13.6. The highest BCUT2D eigenvalue weighted by Gasteiger charge is 2.36. The molecule has 0 N–H and O–H groups in total. The Labute approximate surface area is 174 Å². The Morgan fingerprint density at radius 1 is 1.17 bits per heavy atom. The molecule has 2 aromatic carbocycles. The quantitative estimate of drug-likeness (QED) is 0.727. The van der Waals surface area contributed by atoms with E-state index in [1.165, 1.54) is 26.2 Å². The van der Waals surface area contributed by atoms with E-state index in [-0.39, 0.29) is 17.9 Å². The molecule has 1 unspecified atom stereocenters. The second-order valence-corrected chi connectivity index (χ2v) is 7.42. The van der Waals surface area contributed by atoms with Gasteiger partial charge in [-0.2, -0.15) is 0 Å². The molecule has 0 radical (unpaired) electrons. The van der Waals surface area contributed by atoms with Gasteiger partial charge in [0, 0.05) is 25.1 Å². The Morgan fingerprint density at radius 3 is 2.63 bits per heavy atom. The minimum absolute atomic E-state index is 0.0972. The summed E-state index contributed by atoms with van der Waals surface area (Å²) in [6.45, 7) is 4.17. The van der Waals surface area contributed by atoms with Gasteiger partial charge in [0.1, 0.15) is 11.6 Å². The van der Waals surface area contributed by atoms with Gasteiger partial charge < -0.3 is 19.3 Å². The SMILES string of the molecule is COc1cc(F)ccc1-c1ccc2c(c1)N(C(=O)C1C=CCO1)C[C@H](C)N2C(C)=O. The van der Waals surface area contributed by atoms with Crippen LogP contribution in [0.1, 0.15) is 13.8 Å². The topological polar surface area (TPSA) is 59.1 Å². The normalized spacial score (nSPS) is 20.3. The summed E-state index contributed by atoms with van der Waals surface area (Å²) in [5, 5.41) is 0. The first-order valence-electron chi connectivity index (χ1n) is 9.78. The molecule has 7 heteroatoms. The summed E-state index contributed by atoms with van der Waals surface area (Å²) < 4.78 is 24.5. The standard InChI is InChI=1S/C23H23FN2O4/c1-14-13-25(23(28)21-5-4-10-30-21)20-11-16(6-9-19(20)26(14)15(2)27)18-8-7-17(24)12-22(18)29-3/h4-9,11-12,14,21H,10,13H2,1-3H3/t14-,21?/m0/s1. The molecular formula is C23H23FN2O4. The molecular weight excluding hydrogens is 387 g/mol. The highest BCUT2D eigenvalue weighted by molar-refractivity contribution is 6.06. The van der Waals surface area contributed by atoms with Crippen LogP contribution in [0.3, 0.4) is 0 Å². The number of hydrogen-bond acceptors (Lipinski definition) is 4. The number of anilines is 2. The van der Waals surface area contributed by atoms with Crippen molar-refractivity contribution in [2.24, 2.45) is 0 Å². The predicted octanol–water partition coefficient (Wildman–Crippen LogP) is 3.54. The Balaban J connectivity index is 1.84. The van der Waals surface area contributed by atoms with Gasteiger partial charge in [0.15, 0.2) is 6.10 Å². The zero-order valence-electron chi connectivity index (χ0n) is 17.1. The van der Waals surface area contributed by atoms with Gasteiger partial charge in [-0.25, -0.2) is 4.39 Å². The molecule has 0 aromatic heterocycles. The van der Waals surface area contributed by atoms with Gasteiger partial charge in [0.05, 0.1) is 31.1 Å². The first-order chi connectivity index (χ1) is 14.4. The molecule has 2 aliphatic heterocycles. The lowest BCUT2D eigenvalue weighted by atomic mass is 9.99. The van der Waals surface area contributed by atoms with E-state index in [0.29, 0.717) is 35.8 Å². The van der Waals surface area contributed by atoms with E-state index < -0.39 is 11.9 Å². The van der Waals surface area contributed by atoms with Crippen molar-refractivity contribution in [2.75, 3.05) is 30.1 Å². The molecule has 6 nitrogen and oxygen atoms in total. The molecule has 2 aliphatic rings. The molecule has 0 saturated carbocycles. The van der Waals surface area contributed by atoms with Crippen molar-refractivity contribution in [3.8, 4) is 16.9 Å². The van der Waals surface area contributed by atoms with Gasteiger partial charge in [0.2, 0.25) is 5.91 Å².